The van der Waals surface area contributed by atoms with Crippen LogP contribution in [0, 0.1) is 6.92 Å². The Balaban J connectivity index is 1.73. The average Bonchev–Trinajstić information content (AvgIpc) is 2.75. The molecule has 2 amide bonds. The number of hydrogen-bond donors (Lipinski definition) is 2. The smallest absolute Gasteiger partial charge is 0.255 e. The third-order valence-electron chi connectivity index (χ3n) is 4.74. The second kappa shape index (κ2) is 9.06. The molecule has 148 valence electrons. The molecule has 5 heteroatoms. The summed E-state index contributed by atoms with van der Waals surface area (Å²) in [7, 11) is 1.55. The number of amides is 2. The van der Waals surface area contributed by atoms with E-state index in [1.165, 1.54) is 0 Å². The summed E-state index contributed by atoms with van der Waals surface area (Å²) in [6.45, 7) is 4.03. The molecule has 0 saturated heterocycles. The SMILES string of the molecule is CCc1cccc(C)c1NC(=O)c1ccc(C(=O)Nc2ccccc2OC)cc1. The Kier molecular flexibility index (Phi) is 6.29. The van der Waals surface area contributed by atoms with Crippen molar-refractivity contribution < 1.29 is 14.3 Å². The Labute approximate surface area is 170 Å². The summed E-state index contributed by atoms with van der Waals surface area (Å²) < 4.78 is 5.25. The Morgan fingerprint density at radius 2 is 1.45 bits per heavy atom. The molecule has 0 bridgehead atoms. The van der Waals surface area contributed by atoms with E-state index >= 15 is 0 Å². The number of carbonyl (C=O) groups is 2. The third kappa shape index (κ3) is 4.63. The largest absolute Gasteiger partial charge is 0.495 e. The van der Waals surface area contributed by atoms with E-state index in [0.29, 0.717) is 22.6 Å². The van der Waals surface area contributed by atoms with Crippen LogP contribution in [0.1, 0.15) is 38.8 Å². The standard InChI is InChI=1S/C24H24N2O3/c1-4-17-9-7-8-16(2)22(17)26-24(28)19-14-12-18(13-15-19)23(27)25-20-10-5-6-11-21(20)29-3/h5-15H,4H2,1-3H3,(H,25,27)(H,26,28). The van der Waals surface area contributed by atoms with Crippen LogP contribution in [0.3, 0.4) is 0 Å². The molecule has 0 heterocycles. The van der Waals surface area contributed by atoms with Gasteiger partial charge in [0.05, 0.1) is 12.8 Å². The lowest BCUT2D eigenvalue weighted by atomic mass is 10.0. The lowest BCUT2D eigenvalue weighted by Gasteiger charge is -2.13. The molecule has 0 radical (unpaired) electrons. The fraction of sp³-hybridized carbons (Fsp3) is 0.167. The molecular weight excluding hydrogens is 364 g/mol. The van der Waals surface area contributed by atoms with Crippen molar-refractivity contribution in [3.8, 4) is 5.75 Å². The van der Waals surface area contributed by atoms with E-state index in [4.69, 9.17) is 4.74 Å². The Morgan fingerprint density at radius 1 is 0.828 bits per heavy atom. The van der Waals surface area contributed by atoms with E-state index < -0.39 is 0 Å². The first-order valence-corrected chi connectivity index (χ1v) is 9.47. The molecule has 0 aliphatic rings. The highest BCUT2D eigenvalue weighted by Crippen LogP contribution is 2.24. The van der Waals surface area contributed by atoms with E-state index in [1.54, 1.807) is 43.5 Å². The zero-order chi connectivity index (χ0) is 20.8. The highest BCUT2D eigenvalue weighted by molar-refractivity contribution is 6.08. The maximum absolute atomic E-state index is 12.7. The molecule has 5 nitrogen and oxygen atoms in total. The van der Waals surface area contributed by atoms with Gasteiger partial charge in [0.1, 0.15) is 5.75 Å². The van der Waals surface area contributed by atoms with Crippen molar-refractivity contribution in [3.63, 3.8) is 0 Å². The molecule has 0 fully saturated rings. The van der Waals surface area contributed by atoms with E-state index in [-0.39, 0.29) is 11.8 Å². The summed E-state index contributed by atoms with van der Waals surface area (Å²) >= 11 is 0. The van der Waals surface area contributed by atoms with Crippen LogP contribution in [0.15, 0.2) is 66.7 Å². The molecule has 3 aromatic carbocycles. The Hall–Kier alpha value is -3.60. The van der Waals surface area contributed by atoms with Crippen LogP contribution in [-0.2, 0) is 6.42 Å². The van der Waals surface area contributed by atoms with Crippen molar-refractivity contribution in [1.82, 2.24) is 0 Å². The quantitative estimate of drug-likeness (QED) is 0.619. The summed E-state index contributed by atoms with van der Waals surface area (Å²) in [6.07, 6.45) is 0.833. The van der Waals surface area contributed by atoms with Crippen LogP contribution in [-0.4, -0.2) is 18.9 Å². The summed E-state index contributed by atoms with van der Waals surface area (Å²) in [5, 5.41) is 5.82. The van der Waals surface area contributed by atoms with Crippen molar-refractivity contribution in [3.05, 3.63) is 89.0 Å². The third-order valence-corrected chi connectivity index (χ3v) is 4.74. The molecule has 3 rings (SSSR count). The molecule has 3 aromatic rings. The zero-order valence-corrected chi connectivity index (χ0v) is 16.8. The predicted octanol–water partition coefficient (Wildman–Crippen LogP) is 5.07. The van der Waals surface area contributed by atoms with E-state index in [9.17, 15) is 9.59 Å². The van der Waals surface area contributed by atoms with Crippen LogP contribution < -0.4 is 15.4 Å². The summed E-state index contributed by atoms with van der Waals surface area (Å²) in [5.74, 6) is 0.112. The highest BCUT2D eigenvalue weighted by atomic mass is 16.5. The van der Waals surface area contributed by atoms with Gasteiger partial charge < -0.3 is 15.4 Å². The van der Waals surface area contributed by atoms with Crippen LogP contribution >= 0.6 is 0 Å². The minimum absolute atomic E-state index is 0.203. The topological polar surface area (TPSA) is 67.4 Å². The number of methoxy groups -OCH3 is 1. The van der Waals surface area contributed by atoms with Crippen molar-refractivity contribution >= 4 is 23.2 Å². The molecule has 0 atom stereocenters. The van der Waals surface area contributed by atoms with Crippen LogP contribution in [0.5, 0.6) is 5.75 Å². The predicted molar refractivity (Wildman–Crippen MR) is 116 cm³/mol. The summed E-state index contributed by atoms with van der Waals surface area (Å²) in [5.41, 5.74) is 4.49. The van der Waals surface area contributed by atoms with Gasteiger partial charge in [-0.25, -0.2) is 0 Å². The highest BCUT2D eigenvalue weighted by Gasteiger charge is 2.13. The fourth-order valence-electron chi connectivity index (χ4n) is 3.10. The number of anilines is 2. The molecule has 0 aliphatic heterocycles. The summed E-state index contributed by atoms with van der Waals surface area (Å²) in [4.78, 5) is 25.2. The number of benzene rings is 3. The minimum Gasteiger partial charge on any atom is -0.495 e. The monoisotopic (exact) mass is 388 g/mol. The van der Waals surface area contributed by atoms with Gasteiger partial charge in [0.25, 0.3) is 11.8 Å². The van der Waals surface area contributed by atoms with Gasteiger partial charge in [-0.2, -0.15) is 0 Å². The van der Waals surface area contributed by atoms with Gasteiger partial charge in [0.15, 0.2) is 0 Å². The Bertz CT molecular complexity index is 1030. The molecule has 0 saturated carbocycles. The van der Waals surface area contributed by atoms with Crippen molar-refractivity contribution in [2.24, 2.45) is 0 Å². The number of para-hydroxylation sites is 3. The van der Waals surface area contributed by atoms with Crippen LogP contribution in [0.4, 0.5) is 11.4 Å². The number of rotatable bonds is 6. The maximum Gasteiger partial charge on any atom is 0.255 e. The second-order valence-corrected chi connectivity index (χ2v) is 6.65. The number of ether oxygens (including phenoxy) is 1. The molecule has 29 heavy (non-hydrogen) atoms. The molecular formula is C24H24N2O3. The first-order valence-electron chi connectivity index (χ1n) is 9.47. The molecule has 2 N–H and O–H groups in total. The molecule has 0 spiro atoms. The zero-order valence-electron chi connectivity index (χ0n) is 16.8. The first kappa shape index (κ1) is 20.1. The normalized spacial score (nSPS) is 10.3. The van der Waals surface area contributed by atoms with E-state index in [2.05, 4.69) is 17.6 Å². The van der Waals surface area contributed by atoms with Gasteiger partial charge in [0.2, 0.25) is 0 Å². The number of nitrogens with one attached hydrogen (secondary N) is 2. The maximum atomic E-state index is 12.7. The van der Waals surface area contributed by atoms with Crippen molar-refractivity contribution in [2.75, 3.05) is 17.7 Å². The lowest BCUT2D eigenvalue weighted by Crippen LogP contribution is -2.16. The van der Waals surface area contributed by atoms with E-state index in [1.807, 2.05) is 37.3 Å². The number of carbonyl (C=O) groups excluding carboxylic acids is 2. The van der Waals surface area contributed by atoms with Gasteiger partial charge in [0, 0.05) is 16.8 Å². The second-order valence-electron chi connectivity index (χ2n) is 6.65. The molecule has 0 aliphatic carbocycles. The Morgan fingerprint density at radius 3 is 2.07 bits per heavy atom. The summed E-state index contributed by atoms with van der Waals surface area (Å²) in [6, 6.07) is 19.7. The molecule has 0 aromatic heterocycles. The number of hydrogen-bond acceptors (Lipinski definition) is 3. The van der Waals surface area contributed by atoms with Crippen molar-refractivity contribution in [2.45, 2.75) is 20.3 Å². The van der Waals surface area contributed by atoms with E-state index in [0.717, 1.165) is 23.2 Å². The average molecular weight is 388 g/mol. The number of aryl methyl sites for hydroxylation is 2. The van der Waals surface area contributed by atoms with Crippen LogP contribution in [0.2, 0.25) is 0 Å². The van der Waals surface area contributed by atoms with Gasteiger partial charge in [-0.15, -0.1) is 0 Å². The van der Waals surface area contributed by atoms with Gasteiger partial charge >= 0.3 is 0 Å². The first-order chi connectivity index (χ1) is 14.0. The lowest BCUT2D eigenvalue weighted by molar-refractivity contribution is 0.101. The fourth-order valence-corrected chi connectivity index (χ4v) is 3.10. The van der Waals surface area contributed by atoms with Gasteiger partial charge in [-0.05, 0) is 60.9 Å². The van der Waals surface area contributed by atoms with Crippen LogP contribution in [0.25, 0.3) is 0 Å². The van der Waals surface area contributed by atoms with Gasteiger partial charge in [-0.1, -0.05) is 37.3 Å². The minimum atomic E-state index is -0.270. The van der Waals surface area contributed by atoms with Gasteiger partial charge in [-0.3, -0.25) is 9.59 Å². The molecule has 0 unspecified atom stereocenters. The van der Waals surface area contributed by atoms with Crippen molar-refractivity contribution in [1.29, 1.82) is 0 Å².